The lowest BCUT2D eigenvalue weighted by molar-refractivity contribution is 0.0690. The lowest BCUT2D eigenvalue weighted by Gasteiger charge is -2.11. The second kappa shape index (κ2) is 5.56. The number of nitrogens with zero attached hydrogens (tertiary/aromatic N) is 1. The van der Waals surface area contributed by atoms with Crippen LogP contribution in [0.15, 0.2) is 30.5 Å². The van der Waals surface area contributed by atoms with Crippen LogP contribution in [-0.2, 0) is 0 Å². The largest absolute Gasteiger partial charge is 0.496 e. The van der Waals surface area contributed by atoms with Crippen LogP contribution in [0.5, 0.6) is 11.5 Å². The highest BCUT2D eigenvalue weighted by molar-refractivity contribution is 5.87. The summed E-state index contributed by atoms with van der Waals surface area (Å²) in [6.07, 6.45) is 1.26. The Morgan fingerprint density at radius 2 is 1.90 bits per heavy atom. The summed E-state index contributed by atoms with van der Waals surface area (Å²) in [5.41, 5.74) is 0.411. The number of aromatic carboxylic acids is 1. The van der Waals surface area contributed by atoms with Gasteiger partial charge in [0, 0.05) is 23.4 Å². The maximum Gasteiger partial charge on any atom is 0.354 e. The summed E-state index contributed by atoms with van der Waals surface area (Å²) in [5.74, 6) is -1.42. The molecule has 0 fully saturated rings. The SMILES string of the molecule is COc1cc(C(=O)O)ncc1-c1cccc(OC)c1F. The van der Waals surface area contributed by atoms with Crippen molar-refractivity contribution in [1.82, 2.24) is 4.98 Å². The van der Waals surface area contributed by atoms with Crippen molar-refractivity contribution in [2.75, 3.05) is 14.2 Å². The van der Waals surface area contributed by atoms with E-state index >= 15 is 0 Å². The Kier molecular flexibility index (Phi) is 3.84. The minimum atomic E-state index is -1.18. The summed E-state index contributed by atoms with van der Waals surface area (Å²) < 4.78 is 24.2. The smallest absolute Gasteiger partial charge is 0.354 e. The third kappa shape index (κ3) is 2.40. The fourth-order valence-electron chi connectivity index (χ4n) is 1.80. The summed E-state index contributed by atoms with van der Waals surface area (Å²) in [6, 6.07) is 5.90. The van der Waals surface area contributed by atoms with Crippen LogP contribution < -0.4 is 9.47 Å². The molecule has 0 atom stereocenters. The second-order valence-corrected chi connectivity index (χ2v) is 3.90. The lowest BCUT2D eigenvalue weighted by atomic mass is 10.0. The topological polar surface area (TPSA) is 68.7 Å². The van der Waals surface area contributed by atoms with E-state index in [1.54, 1.807) is 6.07 Å². The number of methoxy groups -OCH3 is 2. The van der Waals surface area contributed by atoms with Gasteiger partial charge >= 0.3 is 5.97 Å². The molecule has 0 aliphatic heterocycles. The molecule has 1 aromatic carbocycles. The van der Waals surface area contributed by atoms with Crippen LogP contribution in [0.2, 0.25) is 0 Å². The molecule has 0 saturated heterocycles. The van der Waals surface area contributed by atoms with E-state index < -0.39 is 11.8 Å². The predicted octanol–water partition coefficient (Wildman–Crippen LogP) is 2.60. The third-order valence-corrected chi connectivity index (χ3v) is 2.78. The van der Waals surface area contributed by atoms with E-state index in [0.717, 1.165) is 0 Å². The highest BCUT2D eigenvalue weighted by atomic mass is 19.1. The van der Waals surface area contributed by atoms with Gasteiger partial charge in [0.15, 0.2) is 17.3 Å². The van der Waals surface area contributed by atoms with Crippen molar-refractivity contribution >= 4 is 5.97 Å². The lowest BCUT2D eigenvalue weighted by Crippen LogP contribution is -2.02. The first-order valence-corrected chi connectivity index (χ1v) is 5.68. The molecule has 0 amide bonds. The molecule has 0 bridgehead atoms. The normalized spacial score (nSPS) is 10.2. The van der Waals surface area contributed by atoms with E-state index in [-0.39, 0.29) is 22.8 Å². The van der Waals surface area contributed by atoms with Gasteiger partial charge in [-0.1, -0.05) is 12.1 Å². The standard InChI is InChI=1S/C14H12FNO4/c1-19-11-5-3-4-8(13(11)15)9-7-16-10(14(17)18)6-12(9)20-2/h3-7H,1-2H3,(H,17,18). The molecule has 0 radical (unpaired) electrons. The van der Waals surface area contributed by atoms with Crippen LogP contribution in [-0.4, -0.2) is 30.3 Å². The summed E-state index contributed by atoms with van der Waals surface area (Å²) in [7, 11) is 2.74. The maximum absolute atomic E-state index is 14.2. The summed E-state index contributed by atoms with van der Waals surface area (Å²) >= 11 is 0. The zero-order chi connectivity index (χ0) is 14.7. The number of hydrogen-bond donors (Lipinski definition) is 1. The van der Waals surface area contributed by atoms with Gasteiger partial charge in [0.1, 0.15) is 5.75 Å². The van der Waals surface area contributed by atoms with Crippen molar-refractivity contribution in [2.24, 2.45) is 0 Å². The molecule has 0 unspecified atom stereocenters. The van der Waals surface area contributed by atoms with Crippen LogP contribution in [0, 0.1) is 5.82 Å². The van der Waals surface area contributed by atoms with Crippen LogP contribution in [0.3, 0.4) is 0 Å². The van der Waals surface area contributed by atoms with E-state index in [9.17, 15) is 9.18 Å². The summed E-state index contributed by atoms with van der Waals surface area (Å²) in [4.78, 5) is 14.6. The number of carbonyl (C=O) groups is 1. The van der Waals surface area contributed by atoms with Gasteiger partial charge < -0.3 is 14.6 Å². The molecule has 104 valence electrons. The van der Waals surface area contributed by atoms with Gasteiger partial charge in [-0.3, -0.25) is 0 Å². The van der Waals surface area contributed by atoms with Crippen molar-refractivity contribution in [3.8, 4) is 22.6 Å². The van der Waals surface area contributed by atoms with Crippen LogP contribution in [0.1, 0.15) is 10.5 Å². The number of hydrogen-bond acceptors (Lipinski definition) is 4. The minimum Gasteiger partial charge on any atom is -0.496 e. The van der Waals surface area contributed by atoms with E-state index in [4.69, 9.17) is 14.6 Å². The molecule has 5 nitrogen and oxygen atoms in total. The number of carboxylic acids is 1. The first-order valence-electron chi connectivity index (χ1n) is 5.68. The zero-order valence-corrected chi connectivity index (χ0v) is 10.9. The molecule has 1 N–H and O–H groups in total. The molecule has 0 aliphatic carbocycles. The Morgan fingerprint density at radius 3 is 2.50 bits per heavy atom. The molecule has 1 aromatic heterocycles. The van der Waals surface area contributed by atoms with Crippen molar-refractivity contribution in [2.45, 2.75) is 0 Å². The average molecular weight is 277 g/mol. The summed E-state index contributed by atoms with van der Waals surface area (Å²) in [6.45, 7) is 0. The zero-order valence-electron chi connectivity index (χ0n) is 10.9. The van der Waals surface area contributed by atoms with E-state index in [1.807, 2.05) is 0 Å². The molecule has 20 heavy (non-hydrogen) atoms. The van der Waals surface area contributed by atoms with Crippen molar-refractivity contribution in [3.63, 3.8) is 0 Å². The first kappa shape index (κ1) is 13.8. The van der Waals surface area contributed by atoms with E-state index in [2.05, 4.69) is 4.98 Å². The number of pyridine rings is 1. The molecular formula is C14H12FNO4. The number of aromatic nitrogens is 1. The molecule has 1 heterocycles. The van der Waals surface area contributed by atoms with E-state index in [0.29, 0.717) is 5.56 Å². The minimum absolute atomic E-state index is 0.0897. The summed E-state index contributed by atoms with van der Waals surface area (Å²) in [5, 5.41) is 8.89. The van der Waals surface area contributed by atoms with Crippen molar-refractivity contribution in [3.05, 3.63) is 42.0 Å². The second-order valence-electron chi connectivity index (χ2n) is 3.90. The molecule has 2 aromatic rings. The van der Waals surface area contributed by atoms with Crippen LogP contribution >= 0.6 is 0 Å². The molecule has 6 heteroatoms. The van der Waals surface area contributed by atoms with Gasteiger partial charge in [0.25, 0.3) is 0 Å². The molecule has 2 rings (SSSR count). The Balaban J connectivity index is 2.61. The van der Waals surface area contributed by atoms with Crippen molar-refractivity contribution in [1.29, 1.82) is 0 Å². The Labute approximate surface area is 114 Å². The highest BCUT2D eigenvalue weighted by Gasteiger charge is 2.17. The number of rotatable bonds is 4. The Hall–Kier alpha value is -2.63. The third-order valence-electron chi connectivity index (χ3n) is 2.78. The number of halogens is 1. The quantitative estimate of drug-likeness (QED) is 0.930. The van der Waals surface area contributed by atoms with Gasteiger partial charge in [0.05, 0.1) is 14.2 Å². The van der Waals surface area contributed by atoms with Gasteiger partial charge in [-0.15, -0.1) is 0 Å². The average Bonchev–Trinajstić information content (AvgIpc) is 2.47. The Bertz CT molecular complexity index is 658. The molecular weight excluding hydrogens is 265 g/mol. The number of benzene rings is 1. The predicted molar refractivity (Wildman–Crippen MR) is 69.7 cm³/mol. The van der Waals surface area contributed by atoms with Crippen LogP contribution in [0.25, 0.3) is 11.1 Å². The monoisotopic (exact) mass is 277 g/mol. The van der Waals surface area contributed by atoms with Gasteiger partial charge in [-0.05, 0) is 6.07 Å². The fourth-order valence-corrected chi connectivity index (χ4v) is 1.80. The van der Waals surface area contributed by atoms with E-state index in [1.165, 1.54) is 38.6 Å². The molecule has 0 aliphatic rings. The highest BCUT2D eigenvalue weighted by Crippen LogP contribution is 2.34. The van der Waals surface area contributed by atoms with Gasteiger partial charge in [0.2, 0.25) is 0 Å². The maximum atomic E-state index is 14.2. The van der Waals surface area contributed by atoms with Gasteiger partial charge in [-0.2, -0.15) is 0 Å². The number of ether oxygens (including phenoxy) is 2. The number of carboxylic acid groups (broad SMARTS) is 1. The molecule has 0 saturated carbocycles. The molecule has 0 spiro atoms. The van der Waals surface area contributed by atoms with Crippen molar-refractivity contribution < 1.29 is 23.8 Å². The fraction of sp³-hybridized carbons (Fsp3) is 0.143. The first-order chi connectivity index (χ1) is 9.58. The Morgan fingerprint density at radius 1 is 1.20 bits per heavy atom. The van der Waals surface area contributed by atoms with Gasteiger partial charge in [-0.25, -0.2) is 14.2 Å². The van der Waals surface area contributed by atoms with Crippen LogP contribution in [0.4, 0.5) is 4.39 Å².